The first-order valence-corrected chi connectivity index (χ1v) is 10.1. The molecule has 5 nitrogen and oxygen atoms in total. The Morgan fingerprint density at radius 1 is 1.29 bits per heavy atom. The molecule has 0 amide bonds. The number of esters is 1. The third kappa shape index (κ3) is 4.66. The van der Waals surface area contributed by atoms with Gasteiger partial charge < -0.3 is 10.1 Å². The van der Waals surface area contributed by atoms with Crippen LogP contribution in [0.2, 0.25) is 0 Å². The van der Waals surface area contributed by atoms with Gasteiger partial charge in [-0.1, -0.05) is 40.2 Å². The summed E-state index contributed by atoms with van der Waals surface area (Å²) in [6, 6.07) is 17.0. The number of aromatic nitrogens is 1. The minimum atomic E-state index is -0.413. The molecular weight excluding hydrogens is 438 g/mol. The van der Waals surface area contributed by atoms with Crippen molar-refractivity contribution < 1.29 is 9.53 Å². The van der Waals surface area contributed by atoms with Crippen molar-refractivity contribution in [2.75, 3.05) is 11.9 Å². The van der Waals surface area contributed by atoms with Gasteiger partial charge in [-0.3, -0.25) is 0 Å². The minimum absolute atomic E-state index is 0.296. The van der Waals surface area contributed by atoms with E-state index < -0.39 is 5.97 Å². The van der Waals surface area contributed by atoms with Crippen LogP contribution in [0.15, 0.2) is 64.6 Å². The van der Waals surface area contributed by atoms with Crippen molar-refractivity contribution in [2.24, 2.45) is 0 Å². The average molecular weight is 454 g/mol. The zero-order valence-corrected chi connectivity index (χ0v) is 17.4. The highest BCUT2D eigenvalue weighted by atomic mass is 79.9. The number of thiazole rings is 1. The SMILES string of the molecule is CCOC(=O)c1ccccc1N/C=C(\C#N)c1nc(-c2ccc(Br)cc2)cs1. The van der Waals surface area contributed by atoms with E-state index in [9.17, 15) is 10.1 Å². The number of hydrogen-bond donors (Lipinski definition) is 1. The maximum atomic E-state index is 12.1. The first kappa shape index (κ1) is 19.8. The molecule has 0 spiro atoms. The maximum Gasteiger partial charge on any atom is 0.340 e. The first-order chi connectivity index (χ1) is 13.6. The fourth-order valence-electron chi connectivity index (χ4n) is 2.44. The van der Waals surface area contributed by atoms with Gasteiger partial charge in [0.25, 0.3) is 0 Å². The maximum absolute atomic E-state index is 12.1. The molecule has 1 N–H and O–H groups in total. The van der Waals surface area contributed by atoms with Crippen molar-refractivity contribution in [1.82, 2.24) is 4.98 Å². The van der Waals surface area contributed by atoms with Crippen molar-refractivity contribution >= 4 is 44.5 Å². The summed E-state index contributed by atoms with van der Waals surface area (Å²) in [5.74, 6) is -0.413. The summed E-state index contributed by atoms with van der Waals surface area (Å²) in [5, 5.41) is 15.1. The van der Waals surface area contributed by atoms with E-state index >= 15 is 0 Å². The predicted octanol–water partition coefficient (Wildman–Crippen LogP) is 5.73. The van der Waals surface area contributed by atoms with Gasteiger partial charge in [-0.25, -0.2) is 9.78 Å². The van der Waals surface area contributed by atoms with Gasteiger partial charge >= 0.3 is 5.97 Å². The van der Waals surface area contributed by atoms with E-state index in [1.165, 1.54) is 11.3 Å². The number of nitrogens with one attached hydrogen (secondary N) is 1. The van der Waals surface area contributed by atoms with Crippen molar-refractivity contribution in [1.29, 1.82) is 5.26 Å². The van der Waals surface area contributed by atoms with Gasteiger partial charge in [-0.15, -0.1) is 11.3 Å². The largest absolute Gasteiger partial charge is 0.462 e. The topological polar surface area (TPSA) is 75.0 Å². The average Bonchev–Trinajstić information content (AvgIpc) is 3.19. The Bertz CT molecular complexity index is 1050. The first-order valence-electron chi connectivity index (χ1n) is 8.47. The van der Waals surface area contributed by atoms with Crippen LogP contribution in [-0.4, -0.2) is 17.6 Å². The van der Waals surface area contributed by atoms with Crippen LogP contribution in [0.25, 0.3) is 16.8 Å². The van der Waals surface area contributed by atoms with E-state index in [-0.39, 0.29) is 0 Å². The second kappa shape index (κ2) is 9.31. The highest BCUT2D eigenvalue weighted by Gasteiger charge is 2.12. The summed E-state index contributed by atoms with van der Waals surface area (Å²) in [4.78, 5) is 16.6. The van der Waals surface area contributed by atoms with Gasteiger partial charge in [0, 0.05) is 21.6 Å². The van der Waals surface area contributed by atoms with Crippen molar-refractivity contribution in [3.05, 3.63) is 75.2 Å². The number of benzene rings is 2. The fourth-order valence-corrected chi connectivity index (χ4v) is 3.50. The highest BCUT2D eigenvalue weighted by molar-refractivity contribution is 9.10. The molecule has 3 rings (SSSR count). The fraction of sp³-hybridized carbons (Fsp3) is 0.0952. The van der Waals surface area contributed by atoms with Gasteiger partial charge in [-0.05, 0) is 31.2 Å². The number of carbonyl (C=O) groups is 1. The lowest BCUT2D eigenvalue weighted by atomic mass is 10.1. The molecule has 1 heterocycles. The molecule has 0 fully saturated rings. The van der Waals surface area contributed by atoms with Crippen LogP contribution < -0.4 is 5.32 Å². The highest BCUT2D eigenvalue weighted by Crippen LogP contribution is 2.27. The lowest BCUT2D eigenvalue weighted by molar-refractivity contribution is 0.0527. The summed E-state index contributed by atoms with van der Waals surface area (Å²) < 4.78 is 6.06. The van der Waals surface area contributed by atoms with Gasteiger partial charge in [0.05, 0.1) is 23.6 Å². The number of nitriles is 1. The van der Waals surface area contributed by atoms with Crippen LogP contribution in [-0.2, 0) is 4.74 Å². The molecular formula is C21H16BrN3O2S. The summed E-state index contributed by atoms with van der Waals surface area (Å²) in [7, 11) is 0. The van der Waals surface area contributed by atoms with E-state index in [0.29, 0.717) is 28.4 Å². The Labute approximate surface area is 175 Å². The van der Waals surface area contributed by atoms with Crippen molar-refractivity contribution in [2.45, 2.75) is 6.92 Å². The van der Waals surface area contributed by atoms with Gasteiger partial charge in [0.2, 0.25) is 0 Å². The van der Waals surface area contributed by atoms with Crippen LogP contribution in [0.5, 0.6) is 0 Å². The van der Waals surface area contributed by atoms with E-state index in [2.05, 4.69) is 32.3 Å². The monoisotopic (exact) mass is 453 g/mol. The van der Waals surface area contributed by atoms with Crippen molar-refractivity contribution in [3.8, 4) is 17.3 Å². The quantitative estimate of drug-likeness (QED) is 0.381. The van der Waals surface area contributed by atoms with Crippen LogP contribution in [0.1, 0.15) is 22.3 Å². The number of hydrogen-bond acceptors (Lipinski definition) is 6. The molecule has 7 heteroatoms. The third-order valence-corrected chi connectivity index (χ3v) is 5.19. The number of halogens is 1. The molecule has 28 heavy (non-hydrogen) atoms. The van der Waals surface area contributed by atoms with Gasteiger partial charge in [0.1, 0.15) is 16.6 Å². The lowest BCUT2D eigenvalue weighted by Gasteiger charge is -2.08. The number of allylic oxidation sites excluding steroid dienone is 1. The molecule has 0 aliphatic carbocycles. The zero-order valence-electron chi connectivity index (χ0n) is 15.0. The molecule has 0 unspecified atom stereocenters. The second-order valence-electron chi connectivity index (χ2n) is 5.62. The summed E-state index contributed by atoms with van der Waals surface area (Å²) in [5.41, 5.74) is 3.14. The Morgan fingerprint density at radius 3 is 2.75 bits per heavy atom. The number of carbonyl (C=O) groups excluding carboxylic acids is 1. The Kier molecular flexibility index (Phi) is 6.58. The summed E-state index contributed by atoms with van der Waals surface area (Å²) >= 11 is 4.80. The number of ether oxygens (including phenoxy) is 1. The molecule has 0 saturated carbocycles. The summed E-state index contributed by atoms with van der Waals surface area (Å²) in [6.45, 7) is 2.05. The van der Waals surface area contributed by atoms with E-state index in [1.807, 2.05) is 29.6 Å². The molecule has 1 aromatic heterocycles. The van der Waals surface area contributed by atoms with Crippen LogP contribution in [0.4, 0.5) is 5.69 Å². The molecule has 0 saturated heterocycles. The predicted molar refractivity (Wildman–Crippen MR) is 115 cm³/mol. The van der Waals surface area contributed by atoms with Crippen LogP contribution in [0.3, 0.4) is 0 Å². The third-order valence-electron chi connectivity index (χ3n) is 3.79. The van der Waals surface area contributed by atoms with Crippen LogP contribution in [0, 0.1) is 11.3 Å². The van der Waals surface area contributed by atoms with E-state index in [1.54, 1.807) is 37.4 Å². The number of rotatable bonds is 6. The van der Waals surface area contributed by atoms with E-state index in [0.717, 1.165) is 15.7 Å². The molecule has 0 bridgehead atoms. The molecule has 2 aromatic carbocycles. The lowest BCUT2D eigenvalue weighted by Crippen LogP contribution is -2.07. The standard InChI is InChI=1S/C21H16BrN3O2S/c1-2-27-21(26)17-5-3-4-6-18(17)24-12-15(11-23)20-25-19(13-28-20)14-7-9-16(22)10-8-14/h3-10,12-13,24H,2H2,1H3/b15-12+. The normalized spacial score (nSPS) is 11.0. The molecule has 0 aliphatic heterocycles. The number of para-hydroxylation sites is 1. The molecule has 0 aliphatic rings. The molecule has 0 atom stereocenters. The zero-order chi connectivity index (χ0) is 19.9. The molecule has 3 aromatic rings. The summed E-state index contributed by atoms with van der Waals surface area (Å²) in [6.07, 6.45) is 1.56. The smallest absolute Gasteiger partial charge is 0.340 e. The second-order valence-corrected chi connectivity index (χ2v) is 7.40. The van der Waals surface area contributed by atoms with Gasteiger partial charge in [0.15, 0.2) is 0 Å². The molecule has 140 valence electrons. The minimum Gasteiger partial charge on any atom is -0.462 e. The Balaban J connectivity index is 1.83. The molecule has 0 radical (unpaired) electrons. The van der Waals surface area contributed by atoms with E-state index in [4.69, 9.17) is 4.74 Å². The Morgan fingerprint density at radius 2 is 2.04 bits per heavy atom. The van der Waals surface area contributed by atoms with Crippen molar-refractivity contribution in [3.63, 3.8) is 0 Å². The van der Waals surface area contributed by atoms with Gasteiger partial charge in [-0.2, -0.15) is 5.26 Å². The number of nitrogens with zero attached hydrogens (tertiary/aromatic N) is 2. The van der Waals surface area contributed by atoms with Crippen LogP contribution >= 0.6 is 27.3 Å². The number of anilines is 1. The Hall–Kier alpha value is -2.95.